The van der Waals surface area contributed by atoms with Crippen molar-refractivity contribution in [3.8, 4) is 0 Å². The zero-order valence-corrected chi connectivity index (χ0v) is 12.4. The Hall–Kier alpha value is -0.200. The number of ether oxygens (including phenoxy) is 4. The minimum atomic E-state index is 0.422. The molecular weight excluding hydrogens is 246 g/mol. The number of nitrogens with one attached hydrogen (secondary N) is 1. The Kier molecular flexibility index (Phi) is 10.3. The van der Waals surface area contributed by atoms with E-state index in [1.54, 1.807) is 7.11 Å². The van der Waals surface area contributed by atoms with Gasteiger partial charge in [-0.15, -0.1) is 0 Å². The van der Waals surface area contributed by atoms with Crippen LogP contribution in [0.2, 0.25) is 0 Å². The van der Waals surface area contributed by atoms with E-state index in [9.17, 15) is 0 Å². The second kappa shape index (κ2) is 11.6. The van der Waals surface area contributed by atoms with Gasteiger partial charge in [-0.2, -0.15) is 0 Å². The maximum absolute atomic E-state index is 5.81. The van der Waals surface area contributed by atoms with Crippen molar-refractivity contribution in [2.24, 2.45) is 0 Å². The molecule has 0 atom stereocenters. The van der Waals surface area contributed by atoms with Crippen molar-refractivity contribution in [3.05, 3.63) is 0 Å². The van der Waals surface area contributed by atoms with Gasteiger partial charge in [0.25, 0.3) is 0 Å². The van der Waals surface area contributed by atoms with Crippen LogP contribution in [0, 0.1) is 0 Å². The highest BCUT2D eigenvalue weighted by Gasteiger charge is 2.19. The monoisotopic (exact) mass is 275 g/mol. The summed E-state index contributed by atoms with van der Waals surface area (Å²) in [5.41, 5.74) is 0. The third kappa shape index (κ3) is 8.55. The van der Waals surface area contributed by atoms with E-state index in [1.165, 1.54) is 12.8 Å². The molecule has 1 saturated carbocycles. The molecule has 0 aliphatic heterocycles. The molecule has 1 N–H and O–H groups in total. The predicted octanol–water partition coefficient (Wildman–Crippen LogP) is 1.21. The molecule has 0 unspecified atom stereocenters. The third-order valence-electron chi connectivity index (χ3n) is 3.47. The second-order valence-corrected chi connectivity index (χ2v) is 4.85. The summed E-state index contributed by atoms with van der Waals surface area (Å²) in [5, 5.41) is 3.33. The van der Waals surface area contributed by atoms with Gasteiger partial charge < -0.3 is 24.3 Å². The van der Waals surface area contributed by atoms with E-state index < -0.39 is 0 Å². The first-order chi connectivity index (χ1) is 9.36. The third-order valence-corrected chi connectivity index (χ3v) is 3.47. The molecule has 0 amide bonds. The molecule has 0 radical (unpaired) electrons. The second-order valence-electron chi connectivity index (χ2n) is 4.85. The number of methoxy groups -OCH3 is 1. The minimum absolute atomic E-state index is 0.422. The largest absolute Gasteiger partial charge is 0.382 e. The molecule has 0 spiro atoms. The van der Waals surface area contributed by atoms with E-state index in [0.29, 0.717) is 51.8 Å². The number of hydrogen-bond acceptors (Lipinski definition) is 5. The number of hydrogen-bond donors (Lipinski definition) is 1. The normalized spacial score (nSPS) is 23.7. The molecule has 19 heavy (non-hydrogen) atoms. The topological polar surface area (TPSA) is 49.0 Å². The minimum Gasteiger partial charge on any atom is -0.382 e. The maximum Gasteiger partial charge on any atom is 0.0704 e. The van der Waals surface area contributed by atoms with Gasteiger partial charge in [-0.1, -0.05) is 0 Å². The Morgan fingerprint density at radius 3 is 2.00 bits per heavy atom. The van der Waals surface area contributed by atoms with Gasteiger partial charge >= 0.3 is 0 Å². The quantitative estimate of drug-likeness (QED) is 0.574. The van der Waals surface area contributed by atoms with Gasteiger partial charge in [-0.05, 0) is 32.7 Å². The Morgan fingerprint density at radius 1 is 0.842 bits per heavy atom. The van der Waals surface area contributed by atoms with Gasteiger partial charge in [0.05, 0.1) is 45.7 Å². The van der Waals surface area contributed by atoms with Crippen LogP contribution in [0.4, 0.5) is 0 Å². The zero-order chi connectivity index (χ0) is 13.8. The highest BCUT2D eigenvalue weighted by molar-refractivity contribution is 4.76. The van der Waals surface area contributed by atoms with Gasteiger partial charge in [-0.3, -0.25) is 0 Å². The lowest BCUT2D eigenvalue weighted by atomic mass is 9.93. The molecule has 0 aromatic heterocycles. The van der Waals surface area contributed by atoms with Gasteiger partial charge in [0.1, 0.15) is 0 Å². The molecule has 1 rings (SSSR count). The van der Waals surface area contributed by atoms with Crippen LogP contribution in [0.5, 0.6) is 0 Å². The smallest absolute Gasteiger partial charge is 0.0704 e. The van der Waals surface area contributed by atoms with E-state index >= 15 is 0 Å². The van der Waals surface area contributed by atoms with E-state index in [2.05, 4.69) is 5.32 Å². The summed E-state index contributed by atoms with van der Waals surface area (Å²) in [7, 11) is 3.70. The van der Waals surface area contributed by atoms with Crippen molar-refractivity contribution >= 4 is 0 Å². The lowest BCUT2D eigenvalue weighted by Crippen LogP contribution is -2.33. The average Bonchev–Trinajstić information content (AvgIpc) is 2.46. The molecular formula is C14H29NO4. The molecule has 1 aliphatic rings. The van der Waals surface area contributed by atoms with Crippen molar-refractivity contribution in [1.29, 1.82) is 0 Å². The van der Waals surface area contributed by atoms with E-state index in [1.807, 2.05) is 7.05 Å². The lowest BCUT2D eigenvalue weighted by molar-refractivity contribution is -0.0272. The molecule has 5 nitrogen and oxygen atoms in total. The SMILES string of the molecule is CNC1CCC(OCCOCCOCCOC)CC1. The summed E-state index contributed by atoms with van der Waals surface area (Å²) in [4.78, 5) is 0. The standard InChI is InChI=1S/C14H29NO4/c1-15-13-3-5-14(6-4-13)19-12-11-18-10-9-17-8-7-16-2/h13-15H,3-12H2,1-2H3. The fourth-order valence-corrected chi connectivity index (χ4v) is 2.26. The van der Waals surface area contributed by atoms with E-state index in [0.717, 1.165) is 12.8 Å². The van der Waals surface area contributed by atoms with Crippen LogP contribution in [0.1, 0.15) is 25.7 Å². The van der Waals surface area contributed by atoms with Crippen LogP contribution in [0.3, 0.4) is 0 Å². The summed E-state index contributed by atoms with van der Waals surface area (Å²) in [6.45, 7) is 3.85. The van der Waals surface area contributed by atoms with Crippen LogP contribution in [0.25, 0.3) is 0 Å². The Morgan fingerprint density at radius 2 is 1.42 bits per heavy atom. The van der Waals surface area contributed by atoms with Crippen molar-refractivity contribution in [3.63, 3.8) is 0 Å². The molecule has 0 saturated heterocycles. The van der Waals surface area contributed by atoms with Crippen molar-refractivity contribution in [2.75, 3.05) is 53.8 Å². The molecule has 0 aromatic rings. The van der Waals surface area contributed by atoms with Crippen molar-refractivity contribution in [2.45, 2.75) is 37.8 Å². The van der Waals surface area contributed by atoms with E-state index in [-0.39, 0.29) is 0 Å². The average molecular weight is 275 g/mol. The summed E-state index contributed by atoms with van der Waals surface area (Å²) in [5.74, 6) is 0. The molecule has 0 aromatic carbocycles. The maximum atomic E-state index is 5.81. The first kappa shape index (κ1) is 16.9. The first-order valence-corrected chi connectivity index (χ1v) is 7.30. The summed E-state index contributed by atoms with van der Waals surface area (Å²) in [6, 6.07) is 0.681. The highest BCUT2D eigenvalue weighted by Crippen LogP contribution is 2.20. The van der Waals surface area contributed by atoms with Crippen molar-refractivity contribution in [1.82, 2.24) is 5.32 Å². The summed E-state index contributed by atoms with van der Waals surface area (Å²) < 4.78 is 21.4. The molecule has 1 aliphatic carbocycles. The van der Waals surface area contributed by atoms with Crippen LogP contribution in [-0.2, 0) is 18.9 Å². The van der Waals surface area contributed by atoms with Crippen LogP contribution in [0.15, 0.2) is 0 Å². The molecule has 114 valence electrons. The van der Waals surface area contributed by atoms with Gasteiger partial charge in [0.15, 0.2) is 0 Å². The Labute approximate surface area is 116 Å². The van der Waals surface area contributed by atoms with Gasteiger partial charge in [0, 0.05) is 13.2 Å². The van der Waals surface area contributed by atoms with Crippen LogP contribution in [-0.4, -0.2) is 65.9 Å². The molecule has 5 heteroatoms. The van der Waals surface area contributed by atoms with Crippen LogP contribution >= 0.6 is 0 Å². The predicted molar refractivity (Wildman–Crippen MR) is 74.6 cm³/mol. The van der Waals surface area contributed by atoms with Gasteiger partial charge in [-0.25, -0.2) is 0 Å². The van der Waals surface area contributed by atoms with E-state index in [4.69, 9.17) is 18.9 Å². The van der Waals surface area contributed by atoms with Gasteiger partial charge in [0.2, 0.25) is 0 Å². The Bertz CT molecular complexity index is 196. The molecule has 0 heterocycles. The van der Waals surface area contributed by atoms with Crippen molar-refractivity contribution < 1.29 is 18.9 Å². The van der Waals surface area contributed by atoms with Crippen LogP contribution < -0.4 is 5.32 Å². The fraction of sp³-hybridized carbons (Fsp3) is 1.00. The number of rotatable bonds is 11. The fourth-order valence-electron chi connectivity index (χ4n) is 2.26. The first-order valence-electron chi connectivity index (χ1n) is 7.30. The zero-order valence-electron chi connectivity index (χ0n) is 12.4. The Balaban J connectivity index is 1.81. The summed E-state index contributed by atoms with van der Waals surface area (Å²) >= 11 is 0. The highest BCUT2D eigenvalue weighted by atomic mass is 16.6. The lowest BCUT2D eigenvalue weighted by Gasteiger charge is -2.28. The molecule has 1 fully saturated rings. The summed E-state index contributed by atoms with van der Waals surface area (Å²) in [6.07, 6.45) is 5.17. The molecule has 0 bridgehead atoms.